The van der Waals surface area contributed by atoms with Crippen LogP contribution in [-0.2, 0) is 16.0 Å². The molecule has 0 spiro atoms. The van der Waals surface area contributed by atoms with Gasteiger partial charge in [0.1, 0.15) is 0 Å². The smallest absolute Gasteiger partial charge is 0.303 e. The number of aryl methyl sites for hydroxylation is 2. The summed E-state index contributed by atoms with van der Waals surface area (Å²) in [5.41, 5.74) is 2.37. The van der Waals surface area contributed by atoms with Gasteiger partial charge in [-0.3, -0.25) is 9.59 Å². The maximum absolute atomic E-state index is 11.5. The van der Waals surface area contributed by atoms with E-state index < -0.39 is 5.97 Å². The highest BCUT2D eigenvalue weighted by Crippen LogP contribution is 2.09. The lowest BCUT2D eigenvalue weighted by Crippen LogP contribution is -2.25. The highest BCUT2D eigenvalue weighted by molar-refractivity contribution is 5.76. The molecule has 0 aliphatic heterocycles. The topological polar surface area (TPSA) is 66.4 Å². The fourth-order valence-electron chi connectivity index (χ4n) is 1.69. The maximum Gasteiger partial charge on any atom is 0.303 e. The number of hydrogen-bond donors (Lipinski definition) is 2. The van der Waals surface area contributed by atoms with Gasteiger partial charge in [0, 0.05) is 19.4 Å². The molecule has 4 heteroatoms. The van der Waals surface area contributed by atoms with E-state index in [1.54, 1.807) is 0 Å². The molecule has 0 saturated carbocycles. The zero-order valence-corrected chi connectivity index (χ0v) is 10.6. The molecular formula is C14H19NO3. The lowest BCUT2D eigenvalue weighted by molar-refractivity contribution is -0.137. The van der Waals surface area contributed by atoms with Gasteiger partial charge in [0.15, 0.2) is 0 Å². The van der Waals surface area contributed by atoms with Crippen molar-refractivity contribution < 1.29 is 14.7 Å². The van der Waals surface area contributed by atoms with Crippen molar-refractivity contribution in [2.75, 3.05) is 6.54 Å². The third-order valence-corrected chi connectivity index (χ3v) is 2.77. The summed E-state index contributed by atoms with van der Waals surface area (Å²) >= 11 is 0. The summed E-state index contributed by atoms with van der Waals surface area (Å²) in [4.78, 5) is 21.8. The van der Waals surface area contributed by atoms with E-state index in [0.29, 0.717) is 19.4 Å². The SMILES string of the molecule is Cc1ccccc1CCC(=O)NCCCC(=O)O. The number of carboxylic acid groups (broad SMARTS) is 1. The Morgan fingerprint density at radius 2 is 1.94 bits per heavy atom. The predicted molar refractivity (Wildman–Crippen MR) is 69.4 cm³/mol. The fourth-order valence-corrected chi connectivity index (χ4v) is 1.69. The van der Waals surface area contributed by atoms with Crippen LogP contribution in [0.5, 0.6) is 0 Å². The van der Waals surface area contributed by atoms with Gasteiger partial charge in [-0.05, 0) is 30.9 Å². The quantitative estimate of drug-likeness (QED) is 0.725. The molecule has 0 bridgehead atoms. The van der Waals surface area contributed by atoms with Gasteiger partial charge in [-0.25, -0.2) is 0 Å². The predicted octanol–water partition coefficient (Wildman–Crippen LogP) is 1.91. The summed E-state index contributed by atoms with van der Waals surface area (Å²) in [7, 11) is 0. The number of amides is 1. The van der Waals surface area contributed by atoms with Crippen LogP contribution in [0.4, 0.5) is 0 Å². The van der Waals surface area contributed by atoms with E-state index in [4.69, 9.17) is 5.11 Å². The molecule has 0 unspecified atom stereocenters. The van der Waals surface area contributed by atoms with Gasteiger partial charge in [0.2, 0.25) is 5.91 Å². The molecule has 0 atom stereocenters. The van der Waals surface area contributed by atoms with E-state index in [0.717, 1.165) is 6.42 Å². The molecule has 0 aliphatic carbocycles. The third-order valence-electron chi connectivity index (χ3n) is 2.77. The standard InChI is InChI=1S/C14H19NO3/c1-11-5-2-3-6-12(11)8-9-13(16)15-10-4-7-14(17)18/h2-3,5-6H,4,7-10H2,1H3,(H,15,16)(H,17,18). The average Bonchev–Trinajstić information content (AvgIpc) is 2.33. The van der Waals surface area contributed by atoms with Crippen LogP contribution in [0.1, 0.15) is 30.4 Å². The second-order valence-corrected chi connectivity index (χ2v) is 4.27. The van der Waals surface area contributed by atoms with Crippen molar-refractivity contribution in [3.63, 3.8) is 0 Å². The molecule has 98 valence electrons. The van der Waals surface area contributed by atoms with Crippen LogP contribution in [0.3, 0.4) is 0 Å². The van der Waals surface area contributed by atoms with E-state index in [1.807, 2.05) is 31.2 Å². The van der Waals surface area contributed by atoms with Crippen LogP contribution in [0, 0.1) is 6.92 Å². The summed E-state index contributed by atoms with van der Waals surface area (Å²) in [5, 5.41) is 11.2. The van der Waals surface area contributed by atoms with Crippen molar-refractivity contribution in [2.45, 2.75) is 32.6 Å². The second kappa shape index (κ2) is 7.48. The summed E-state index contributed by atoms with van der Waals surface area (Å²) < 4.78 is 0. The highest BCUT2D eigenvalue weighted by Gasteiger charge is 2.04. The summed E-state index contributed by atoms with van der Waals surface area (Å²) in [6.45, 7) is 2.46. The first kappa shape index (κ1) is 14.2. The van der Waals surface area contributed by atoms with Crippen LogP contribution >= 0.6 is 0 Å². The Bertz CT molecular complexity index is 415. The van der Waals surface area contributed by atoms with Crippen molar-refractivity contribution in [3.8, 4) is 0 Å². The molecule has 1 rings (SSSR count). The molecule has 2 N–H and O–H groups in total. The molecule has 0 aromatic heterocycles. The van der Waals surface area contributed by atoms with Gasteiger partial charge in [-0.2, -0.15) is 0 Å². The molecule has 1 aromatic carbocycles. The molecular weight excluding hydrogens is 230 g/mol. The molecule has 0 heterocycles. The first-order valence-corrected chi connectivity index (χ1v) is 6.12. The average molecular weight is 249 g/mol. The zero-order valence-electron chi connectivity index (χ0n) is 10.6. The summed E-state index contributed by atoms with van der Waals surface area (Å²) in [5.74, 6) is -0.854. The highest BCUT2D eigenvalue weighted by atomic mass is 16.4. The molecule has 1 aromatic rings. The monoisotopic (exact) mass is 249 g/mol. The number of rotatable bonds is 7. The Morgan fingerprint density at radius 1 is 1.22 bits per heavy atom. The van der Waals surface area contributed by atoms with E-state index in [9.17, 15) is 9.59 Å². The van der Waals surface area contributed by atoms with E-state index in [-0.39, 0.29) is 12.3 Å². The molecule has 4 nitrogen and oxygen atoms in total. The van der Waals surface area contributed by atoms with Crippen LogP contribution < -0.4 is 5.32 Å². The maximum atomic E-state index is 11.5. The Kier molecular flexibility index (Phi) is 5.91. The van der Waals surface area contributed by atoms with Crippen molar-refractivity contribution in [1.29, 1.82) is 0 Å². The number of carboxylic acids is 1. The van der Waals surface area contributed by atoms with E-state index in [2.05, 4.69) is 5.32 Å². The first-order valence-electron chi connectivity index (χ1n) is 6.12. The summed E-state index contributed by atoms with van der Waals surface area (Å²) in [6, 6.07) is 7.99. The first-order chi connectivity index (χ1) is 8.59. The molecule has 0 aliphatic rings. The minimum absolute atomic E-state index is 0.0244. The zero-order chi connectivity index (χ0) is 13.4. The number of nitrogens with one attached hydrogen (secondary N) is 1. The van der Waals surface area contributed by atoms with Crippen molar-refractivity contribution in [2.24, 2.45) is 0 Å². The van der Waals surface area contributed by atoms with E-state index in [1.165, 1.54) is 11.1 Å². The third kappa shape index (κ3) is 5.48. The van der Waals surface area contributed by atoms with Crippen molar-refractivity contribution in [1.82, 2.24) is 5.32 Å². The van der Waals surface area contributed by atoms with Crippen LogP contribution in [0.25, 0.3) is 0 Å². The number of carbonyl (C=O) groups is 2. The summed E-state index contributed by atoms with van der Waals surface area (Å²) in [6.07, 6.45) is 1.73. The van der Waals surface area contributed by atoms with Crippen LogP contribution in [0.15, 0.2) is 24.3 Å². The Balaban J connectivity index is 2.21. The molecule has 0 fully saturated rings. The lowest BCUT2D eigenvalue weighted by Gasteiger charge is -2.06. The molecule has 0 radical (unpaired) electrons. The van der Waals surface area contributed by atoms with Gasteiger partial charge in [0.25, 0.3) is 0 Å². The van der Waals surface area contributed by atoms with Gasteiger partial charge >= 0.3 is 5.97 Å². The minimum Gasteiger partial charge on any atom is -0.481 e. The Hall–Kier alpha value is -1.84. The van der Waals surface area contributed by atoms with Gasteiger partial charge in [-0.15, -0.1) is 0 Å². The van der Waals surface area contributed by atoms with Gasteiger partial charge < -0.3 is 10.4 Å². The van der Waals surface area contributed by atoms with Crippen molar-refractivity contribution in [3.05, 3.63) is 35.4 Å². The number of benzene rings is 1. The largest absolute Gasteiger partial charge is 0.481 e. The Labute approximate surface area is 107 Å². The van der Waals surface area contributed by atoms with Gasteiger partial charge in [-0.1, -0.05) is 24.3 Å². The lowest BCUT2D eigenvalue weighted by atomic mass is 10.0. The van der Waals surface area contributed by atoms with Crippen molar-refractivity contribution >= 4 is 11.9 Å². The minimum atomic E-state index is -0.829. The number of carbonyl (C=O) groups excluding carboxylic acids is 1. The Morgan fingerprint density at radius 3 is 2.61 bits per heavy atom. The van der Waals surface area contributed by atoms with Gasteiger partial charge in [0.05, 0.1) is 0 Å². The van der Waals surface area contributed by atoms with Crippen LogP contribution in [0.2, 0.25) is 0 Å². The number of aliphatic carboxylic acids is 1. The molecule has 18 heavy (non-hydrogen) atoms. The van der Waals surface area contributed by atoms with E-state index >= 15 is 0 Å². The molecule has 0 saturated heterocycles. The second-order valence-electron chi connectivity index (χ2n) is 4.27. The molecule has 1 amide bonds. The van der Waals surface area contributed by atoms with Crippen LogP contribution in [-0.4, -0.2) is 23.5 Å². The number of hydrogen-bond acceptors (Lipinski definition) is 2. The normalized spacial score (nSPS) is 10.1. The fraction of sp³-hybridized carbons (Fsp3) is 0.429.